The first-order valence-electron chi connectivity index (χ1n) is 8.44. The lowest BCUT2D eigenvalue weighted by Crippen LogP contribution is -2.41. The largest absolute Gasteiger partial charge is 0.325 e. The molecule has 1 fully saturated rings. The second kappa shape index (κ2) is 8.03. The molecule has 25 heavy (non-hydrogen) atoms. The number of halogens is 1. The topological polar surface area (TPSA) is 78.5 Å². The van der Waals surface area contributed by atoms with Crippen LogP contribution in [-0.2, 0) is 14.8 Å². The number of rotatable bonds is 5. The van der Waals surface area contributed by atoms with Crippen LogP contribution in [0.5, 0.6) is 0 Å². The third-order valence-corrected chi connectivity index (χ3v) is 6.31. The predicted octanol–water partition coefficient (Wildman–Crippen LogP) is 2.84. The van der Waals surface area contributed by atoms with Gasteiger partial charge in [-0.25, -0.2) is 8.42 Å². The van der Waals surface area contributed by atoms with Gasteiger partial charge >= 0.3 is 0 Å². The number of benzene rings is 1. The van der Waals surface area contributed by atoms with Crippen molar-refractivity contribution in [2.75, 3.05) is 25.0 Å². The number of piperidine rings is 1. The summed E-state index contributed by atoms with van der Waals surface area (Å²) in [4.78, 5) is 12.1. The summed E-state index contributed by atoms with van der Waals surface area (Å²) in [6, 6.07) is 4.54. The van der Waals surface area contributed by atoms with Gasteiger partial charge in [-0.05, 0) is 51.8 Å². The Hall–Kier alpha value is -1.15. The van der Waals surface area contributed by atoms with Gasteiger partial charge in [0, 0.05) is 24.3 Å². The number of amides is 1. The quantitative estimate of drug-likeness (QED) is 0.814. The standard InChI is InChI=1S/C17H26ClN3O3S/c1-17(2,3)19-12-16(22)20-13-7-8-14(18)15(11-13)25(23,24)21-9-5-4-6-10-21/h7-8,11,19H,4-6,9-10,12H2,1-3H3,(H,20,22). The van der Waals surface area contributed by atoms with Gasteiger partial charge < -0.3 is 10.6 Å². The van der Waals surface area contributed by atoms with Gasteiger partial charge in [-0.2, -0.15) is 4.31 Å². The molecular weight excluding hydrogens is 362 g/mol. The zero-order valence-electron chi connectivity index (χ0n) is 14.9. The summed E-state index contributed by atoms with van der Waals surface area (Å²) < 4.78 is 27.1. The second-order valence-electron chi connectivity index (χ2n) is 7.26. The van der Waals surface area contributed by atoms with Crippen LogP contribution in [0.4, 0.5) is 5.69 Å². The highest BCUT2D eigenvalue weighted by atomic mass is 35.5. The number of carbonyl (C=O) groups excluding carboxylic acids is 1. The van der Waals surface area contributed by atoms with E-state index in [4.69, 9.17) is 11.6 Å². The Morgan fingerprint density at radius 2 is 1.84 bits per heavy atom. The van der Waals surface area contributed by atoms with E-state index in [1.54, 1.807) is 6.07 Å². The zero-order valence-corrected chi connectivity index (χ0v) is 16.5. The molecule has 0 atom stereocenters. The molecule has 0 radical (unpaired) electrons. The summed E-state index contributed by atoms with van der Waals surface area (Å²) >= 11 is 6.13. The van der Waals surface area contributed by atoms with Gasteiger partial charge in [0.2, 0.25) is 15.9 Å². The smallest absolute Gasteiger partial charge is 0.244 e. The van der Waals surface area contributed by atoms with E-state index in [2.05, 4.69) is 10.6 Å². The molecule has 0 spiro atoms. The maximum absolute atomic E-state index is 12.8. The number of nitrogens with zero attached hydrogens (tertiary/aromatic N) is 1. The Morgan fingerprint density at radius 3 is 2.44 bits per heavy atom. The van der Waals surface area contributed by atoms with Gasteiger partial charge in [0.05, 0.1) is 11.6 Å². The van der Waals surface area contributed by atoms with Gasteiger partial charge in [-0.3, -0.25) is 4.79 Å². The second-order valence-corrected chi connectivity index (χ2v) is 9.58. The Balaban J connectivity index is 2.15. The SMILES string of the molecule is CC(C)(C)NCC(=O)Nc1ccc(Cl)c(S(=O)(=O)N2CCCCC2)c1. The number of hydrogen-bond donors (Lipinski definition) is 2. The Labute approximate surface area is 155 Å². The molecule has 0 saturated carbocycles. The molecule has 1 aromatic carbocycles. The Kier molecular flexibility index (Phi) is 6.48. The lowest BCUT2D eigenvalue weighted by molar-refractivity contribution is -0.115. The average molecular weight is 388 g/mol. The molecule has 1 heterocycles. The molecule has 6 nitrogen and oxygen atoms in total. The van der Waals surface area contributed by atoms with Crippen LogP contribution < -0.4 is 10.6 Å². The van der Waals surface area contributed by atoms with Crippen LogP contribution in [0.15, 0.2) is 23.1 Å². The lowest BCUT2D eigenvalue weighted by Gasteiger charge is -2.26. The van der Waals surface area contributed by atoms with Gasteiger partial charge in [0.15, 0.2) is 0 Å². The van der Waals surface area contributed by atoms with Crippen molar-refractivity contribution < 1.29 is 13.2 Å². The van der Waals surface area contributed by atoms with Crippen molar-refractivity contribution in [3.8, 4) is 0 Å². The van der Waals surface area contributed by atoms with Crippen LogP contribution >= 0.6 is 11.6 Å². The molecule has 1 aromatic rings. The monoisotopic (exact) mass is 387 g/mol. The van der Waals surface area contributed by atoms with E-state index in [0.29, 0.717) is 18.8 Å². The third kappa shape index (κ3) is 5.67. The molecule has 1 amide bonds. The highest BCUT2D eigenvalue weighted by Crippen LogP contribution is 2.29. The average Bonchev–Trinajstić information content (AvgIpc) is 2.55. The van der Waals surface area contributed by atoms with Crippen molar-refractivity contribution in [3.63, 3.8) is 0 Å². The Morgan fingerprint density at radius 1 is 1.20 bits per heavy atom. The first kappa shape index (κ1) is 20.2. The van der Waals surface area contributed by atoms with Gasteiger partial charge in [0.25, 0.3) is 0 Å². The molecule has 1 aliphatic rings. The van der Waals surface area contributed by atoms with Gasteiger partial charge in [0.1, 0.15) is 4.90 Å². The lowest BCUT2D eigenvalue weighted by atomic mass is 10.1. The van der Waals surface area contributed by atoms with E-state index < -0.39 is 10.0 Å². The molecule has 2 rings (SSSR count). The van der Waals surface area contributed by atoms with Crippen LogP contribution in [0.3, 0.4) is 0 Å². The van der Waals surface area contributed by atoms with E-state index in [0.717, 1.165) is 19.3 Å². The first-order chi connectivity index (χ1) is 11.6. The minimum absolute atomic E-state index is 0.0395. The van der Waals surface area contributed by atoms with Crippen molar-refractivity contribution >= 4 is 33.2 Å². The first-order valence-corrected chi connectivity index (χ1v) is 10.3. The minimum Gasteiger partial charge on any atom is -0.325 e. The fraction of sp³-hybridized carbons (Fsp3) is 0.588. The number of carbonyl (C=O) groups is 1. The van der Waals surface area contributed by atoms with Crippen molar-refractivity contribution in [2.45, 2.75) is 50.5 Å². The molecule has 1 saturated heterocycles. The van der Waals surface area contributed by atoms with E-state index >= 15 is 0 Å². The molecule has 0 aliphatic carbocycles. The van der Waals surface area contributed by atoms with Crippen LogP contribution in [0, 0.1) is 0 Å². The van der Waals surface area contributed by atoms with E-state index in [9.17, 15) is 13.2 Å². The molecule has 0 aromatic heterocycles. The molecular formula is C17H26ClN3O3S. The molecule has 1 aliphatic heterocycles. The molecule has 8 heteroatoms. The highest BCUT2D eigenvalue weighted by molar-refractivity contribution is 7.89. The van der Waals surface area contributed by atoms with E-state index in [1.165, 1.54) is 16.4 Å². The van der Waals surface area contributed by atoms with E-state index in [-0.39, 0.29) is 27.9 Å². The van der Waals surface area contributed by atoms with Crippen molar-refractivity contribution in [3.05, 3.63) is 23.2 Å². The van der Waals surface area contributed by atoms with Crippen LogP contribution in [0.1, 0.15) is 40.0 Å². The van der Waals surface area contributed by atoms with E-state index in [1.807, 2.05) is 20.8 Å². The van der Waals surface area contributed by atoms with Crippen molar-refractivity contribution in [2.24, 2.45) is 0 Å². The number of hydrogen-bond acceptors (Lipinski definition) is 4. The zero-order chi connectivity index (χ0) is 18.7. The summed E-state index contributed by atoms with van der Waals surface area (Å²) in [7, 11) is -3.65. The van der Waals surface area contributed by atoms with Crippen molar-refractivity contribution in [1.29, 1.82) is 0 Å². The van der Waals surface area contributed by atoms with Crippen LogP contribution in [-0.4, -0.2) is 43.8 Å². The summed E-state index contributed by atoms with van der Waals surface area (Å²) in [6.07, 6.45) is 2.74. The maximum Gasteiger partial charge on any atom is 0.244 e. The molecule has 0 bridgehead atoms. The fourth-order valence-electron chi connectivity index (χ4n) is 2.57. The number of sulfonamides is 1. The van der Waals surface area contributed by atoms with Gasteiger partial charge in [-0.1, -0.05) is 18.0 Å². The summed E-state index contributed by atoms with van der Waals surface area (Å²) in [5.74, 6) is -0.237. The highest BCUT2D eigenvalue weighted by Gasteiger charge is 2.28. The predicted molar refractivity (Wildman–Crippen MR) is 100 cm³/mol. The Bertz CT molecular complexity index is 723. The maximum atomic E-state index is 12.8. The number of nitrogens with one attached hydrogen (secondary N) is 2. The summed E-state index contributed by atoms with van der Waals surface area (Å²) in [6.45, 7) is 7.04. The summed E-state index contributed by atoms with van der Waals surface area (Å²) in [5, 5.41) is 5.96. The van der Waals surface area contributed by atoms with Crippen molar-refractivity contribution in [1.82, 2.24) is 9.62 Å². The molecule has 0 unspecified atom stereocenters. The minimum atomic E-state index is -3.65. The summed E-state index contributed by atoms with van der Waals surface area (Å²) in [5.41, 5.74) is 0.237. The fourth-order valence-corrected chi connectivity index (χ4v) is 4.59. The normalized spacial score (nSPS) is 16.6. The number of anilines is 1. The van der Waals surface area contributed by atoms with Gasteiger partial charge in [-0.15, -0.1) is 0 Å². The molecule has 140 valence electrons. The van der Waals surface area contributed by atoms with Crippen LogP contribution in [0.2, 0.25) is 5.02 Å². The molecule has 2 N–H and O–H groups in total. The third-order valence-electron chi connectivity index (χ3n) is 3.93. The van der Waals surface area contributed by atoms with Crippen LogP contribution in [0.25, 0.3) is 0 Å².